The SMILES string of the molecule is CCC(C(=O)NC1CCCCC1)N(Cc1c(Cl)cccc1Cl)C(=O)COc1cc(C)cc(C)c1C. The Morgan fingerprint density at radius 3 is 2.37 bits per heavy atom. The summed E-state index contributed by atoms with van der Waals surface area (Å²) in [5.74, 6) is 0.245. The van der Waals surface area contributed by atoms with Crippen LogP contribution in [-0.4, -0.2) is 35.4 Å². The maximum absolute atomic E-state index is 13.6. The molecule has 2 aromatic rings. The van der Waals surface area contributed by atoms with Crippen LogP contribution in [0.3, 0.4) is 0 Å². The normalized spacial score (nSPS) is 14.9. The Morgan fingerprint density at radius 1 is 1.09 bits per heavy atom. The standard InChI is InChI=1S/C28H36Cl2N2O3/c1-5-25(28(34)31-21-10-7-6-8-11-21)32(16-22-23(29)12-9-13-24(22)30)27(33)17-35-26-15-18(2)14-19(3)20(26)4/h9,12-15,21,25H,5-8,10-11,16-17H2,1-4H3,(H,31,34). The van der Waals surface area contributed by atoms with Crippen molar-refractivity contribution >= 4 is 35.0 Å². The molecule has 0 heterocycles. The first-order valence-electron chi connectivity index (χ1n) is 12.4. The van der Waals surface area contributed by atoms with Gasteiger partial charge in [-0.15, -0.1) is 0 Å². The van der Waals surface area contributed by atoms with E-state index < -0.39 is 6.04 Å². The van der Waals surface area contributed by atoms with Gasteiger partial charge in [0.1, 0.15) is 11.8 Å². The quantitative estimate of drug-likeness (QED) is 0.409. The number of carbonyl (C=O) groups excluding carboxylic acids is 2. The number of aryl methyl sites for hydroxylation is 2. The van der Waals surface area contributed by atoms with Gasteiger partial charge < -0.3 is 15.0 Å². The number of halogens is 2. The fourth-order valence-electron chi connectivity index (χ4n) is 4.69. The Morgan fingerprint density at radius 2 is 1.74 bits per heavy atom. The minimum Gasteiger partial charge on any atom is -0.483 e. The van der Waals surface area contributed by atoms with Gasteiger partial charge in [-0.3, -0.25) is 9.59 Å². The summed E-state index contributed by atoms with van der Waals surface area (Å²) in [6.45, 7) is 7.85. The van der Waals surface area contributed by atoms with Gasteiger partial charge in [-0.05, 0) is 74.9 Å². The third-order valence-corrected chi connectivity index (χ3v) is 7.55. The molecule has 0 aliphatic heterocycles. The highest BCUT2D eigenvalue weighted by Crippen LogP contribution is 2.28. The van der Waals surface area contributed by atoms with Gasteiger partial charge in [0.25, 0.3) is 5.91 Å². The molecule has 2 amide bonds. The number of amides is 2. The highest BCUT2D eigenvalue weighted by Gasteiger charge is 2.31. The number of nitrogens with zero attached hydrogens (tertiary/aromatic N) is 1. The second kappa shape index (κ2) is 12.6. The molecular weight excluding hydrogens is 483 g/mol. The largest absolute Gasteiger partial charge is 0.483 e. The lowest BCUT2D eigenvalue weighted by molar-refractivity contribution is -0.143. The molecule has 1 saturated carbocycles. The number of hydrogen-bond acceptors (Lipinski definition) is 3. The van der Waals surface area contributed by atoms with E-state index in [4.69, 9.17) is 27.9 Å². The Balaban J connectivity index is 1.84. The molecule has 1 aliphatic rings. The first-order valence-corrected chi connectivity index (χ1v) is 13.2. The van der Waals surface area contributed by atoms with Crippen LogP contribution in [0, 0.1) is 20.8 Å². The molecule has 0 aromatic heterocycles. The molecule has 1 aliphatic carbocycles. The molecule has 35 heavy (non-hydrogen) atoms. The Labute approximate surface area is 219 Å². The molecule has 3 rings (SSSR count). The summed E-state index contributed by atoms with van der Waals surface area (Å²) in [6, 6.07) is 8.75. The van der Waals surface area contributed by atoms with Gasteiger partial charge >= 0.3 is 0 Å². The zero-order valence-electron chi connectivity index (χ0n) is 21.1. The highest BCUT2D eigenvalue weighted by atomic mass is 35.5. The van der Waals surface area contributed by atoms with Crippen molar-refractivity contribution in [2.24, 2.45) is 0 Å². The summed E-state index contributed by atoms with van der Waals surface area (Å²) in [5, 5.41) is 4.10. The van der Waals surface area contributed by atoms with E-state index in [-0.39, 0.29) is 31.0 Å². The minimum absolute atomic E-state index is 0.128. The van der Waals surface area contributed by atoms with Gasteiger partial charge in [-0.25, -0.2) is 0 Å². The molecule has 0 saturated heterocycles. The predicted octanol–water partition coefficient (Wildman–Crippen LogP) is 6.55. The molecular formula is C28H36Cl2N2O3. The molecule has 1 atom stereocenters. The monoisotopic (exact) mass is 518 g/mol. The minimum atomic E-state index is -0.652. The van der Waals surface area contributed by atoms with Crippen molar-refractivity contribution in [1.82, 2.24) is 10.2 Å². The first-order chi connectivity index (χ1) is 16.7. The van der Waals surface area contributed by atoms with Crippen LogP contribution in [0.4, 0.5) is 0 Å². The first kappa shape index (κ1) is 27.3. The zero-order valence-corrected chi connectivity index (χ0v) is 22.6. The average molecular weight is 520 g/mol. The van der Waals surface area contributed by atoms with Crippen molar-refractivity contribution in [2.45, 2.75) is 84.8 Å². The number of ether oxygens (including phenoxy) is 1. The Bertz CT molecular complexity index is 1030. The molecule has 190 valence electrons. The van der Waals surface area contributed by atoms with Crippen LogP contribution >= 0.6 is 23.2 Å². The van der Waals surface area contributed by atoms with Crippen LogP contribution in [-0.2, 0) is 16.1 Å². The van der Waals surface area contributed by atoms with Crippen molar-refractivity contribution in [2.75, 3.05) is 6.61 Å². The molecule has 7 heteroatoms. The van der Waals surface area contributed by atoms with Crippen molar-refractivity contribution in [1.29, 1.82) is 0 Å². The summed E-state index contributed by atoms with van der Waals surface area (Å²) < 4.78 is 5.97. The Hall–Kier alpha value is -2.24. The van der Waals surface area contributed by atoms with E-state index in [1.165, 1.54) is 6.42 Å². The van der Waals surface area contributed by atoms with Gasteiger partial charge in [0, 0.05) is 28.2 Å². The van der Waals surface area contributed by atoms with Gasteiger partial charge in [0.05, 0.1) is 0 Å². The van der Waals surface area contributed by atoms with Crippen LogP contribution in [0.15, 0.2) is 30.3 Å². The lowest BCUT2D eigenvalue weighted by atomic mass is 9.95. The number of benzene rings is 2. The molecule has 0 radical (unpaired) electrons. The fraction of sp³-hybridized carbons (Fsp3) is 0.500. The number of carbonyl (C=O) groups is 2. The maximum Gasteiger partial charge on any atom is 0.261 e. The van der Waals surface area contributed by atoms with E-state index in [0.717, 1.165) is 42.4 Å². The van der Waals surface area contributed by atoms with E-state index >= 15 is 0 Å². The van der Waals surface area contributed by atoms with Crippen molar-refractivity contribution in [3.05, 3.63) is 62.6 Å². The molecule has 1 N–H and O–H groups in total. The lowest BCUT2D eigenvalue weighted by Crippen LogP contribution is -2.52. The molecule has 1 fully saturated rings. The number of hydrogen-bond donors (Lipinski definition) is 1. The molecule has 0 spiro atoms. The van der Waals surface area contributed by atoms with Gasteiger partial charge in [0.15, 0.2) is 6.61 Å². The Kier molecular flexibility index (Phi) is 9.88. The number of rotatable bonds is 9. The van der Waals surface area contributed by atoms with Crippen LogP contribution in [0.1, 0.15) is 67.7 Å². The van der Waals surface area contributed by atoms with Crippen molar-refractivity contribution in [3.8, 4) is 5.75 Å². The summed E-state index contributed by atoms with van der Waals surface area (Å²) in [6.07, 6.45) is 5.85. The van der Waals surface area contributed by atoms with E-state index in [9.17, 15) is 9.59 Å². The lowest BCUT2D eigenvalue weighted by Gasteiger charge is -2.33. The third-order valence-electron chi connectivity index (χ3n) is 6.84. The second-order valence-electron chi connectivity index (χ2n) is 9.48. The summed E-state index contributed by atoms with van der Waals surface area (Å²) in [4.78, 5) is 28.5. The molecule has 0 bridgehead atoms. The summed E-state index contributed by atoms with van der Waals surface area (Å²) >= 11 is 12.9. The van der Waals surface area contributed by atoms with Crippen LogP contribution in [0.2, 0.25) is 10.0 Å². The smallest absolute Gasteiger partial charge is 0.261 e. The maximum atomic E-state index is 13.6. The highest BCUT2D eigenvalue weighted by molar-refractivity contribution is 6.36. The van der Waals surface area contributed by atoms with Crippen molar-refractivity contribution < 1.29 is 14.3 Å². The second-order valence-corrected chi connectivity index (χ2v) is 10.3. The fourth-order valence-corrected chi connectivity index (χ4v) is 5.21. The predicted molar refractivity (Wildman–Crippen MR) is 142 cm³/mol. The van der Waals surface area contributed by atoms with E-state index in [1.807, 2.05) is 33.8 Å². The van der Waals surface area contributed by atoms with E-state index in [1.54, 1.807) is 23.1 Å². The molecule has 2 aromatic carbocycles. The van der Waals surface area contributed by atoms with Gasteiger partial charge in [0.2, 0.25) is 5.91 Å². The van der Waals surface area contributed by atoms with Crippen LogP contribution in [0.5, 0.6) is 5.75 Å². The molecule has 5 nitrogen and oxygen atoms in total. The van der Waals surface area contributed by atoms with Gasteiger partial charge in [-0.1, -0.05) is 61.5 Å². The average Bonchev–Trinajstić information content (AvgIpc) is 2.82. The topological polar surface area (TPSA) is 58.6 Å². The van der Waals surface area contributed by atoms with Crippen LogP contribution < -0.4 is 10.1 Å². The number of nitrogens with one attached hydrogen (secondary N) is 1. The summed E-state index contributed by atoms with van der Waals surface area (Å²) in [7, 11) is 0. The third kappa shape index (κ3) is 7.14. The van der Waals surface area contributed by atoms with Gasteiger partial charge in [-0.2, -0.15) is 0 Å². The van der Waals surface area contributed by atoms with E-state index in [2.05, 4.69) is 11.4 Å². The van der Waals surface area contributed by atoms with E-state index in [0.29, 0.717) is 27.8 Å². The van der Waals surface area contributed by atoms with Crippen molar-refractivity contribution in [3.63, 3.8) is 0 Å². The molecule has 1 unspecified atom stereocenters. The zero-order chi connectivity index (χ0) is 25.5. The van der Waals surface area contributed by atoms with Crippen LogP contribution in [0.25, 0.3) is 0 Å². The summed E-state index contributed by atoms with van der Waals surface area (Å²) in [5.41, 5.74) is 3.78.